The fraction of sp³-hybridized carbons (Fsp3) is 0.562. The predicted molar refractivity (Wildman–Crippen MR) is 78.5 cm³/mol. The molecule has 1 atom stereocenters. The molecule has 0 spiro atoms. The zero-order valence-electron chi connectivity index (χ0n) is 12.6. The normalized spacial score (nSPS) is 12.3. The maximum atomic E-state index is 11.9. The summed E-state index contributed by atoms with van der Waals surface area (Å²) in [5, 5.41) is 2.90. The average Bonchev–Trinajstić information content (AvgIpc) is 2.33. The average molecular weight is 263 g/mol. The fourth-order valence-electron chi connectivity index (χ4n) is 1.71. The molecule has 1 N–H and O–H groups in total. The van der Waals surface area contributed by atoms with Crippen LogP contribution in [0.4, 0.5) is 0 Å². The Hall–Kier alpha value is -1.51. The Kier molecular flexibility index (Phi) is 5.87. The molecule has 0 fully saturated rings. The molecule has 1 aromatic rings. The largest absolute Gasteiger partial charge is 0.481 e. The summed E-state index contributed by atoms with van der Waals surface area (Å²) >= 11 is 0. The zero-order chi connectivity index (χ0) is 14.4. The number of ether oxygens (including phenoxy) is 1. The lowest BCUT2D eigenvalue weighted by Crippen LogP contribution is -2.37. The van der Waals surface area contributed by atoms with Crippen LogP contribution in [0.5, 0.6) is 5.75 Å². The van der Waals surface area contributed by atoms with Gasteiger partial charge < -0.3 is 10.1 Å². The van der Waals surface area contributed by atoms with Gasteiger partial charge in [-0.3, -0.25) is 4.79 Å². The van der Waals surface area contributed by atoms with Crippen molar-refractivity contribution in [3.05, 3.63) is 29.3 Å². The van der Waals surface area contributed by atoms with Crippen molar-refractivity contribution in [3.8, 4) is 5.75 Å². The predicted octanol–water partition coefficient (Wildman–Crippen LogP) is 3.23. The van der Waals surface area contributed by atoms with Gasteiger partial charge in [-0.15, -0.1) is 0 Å². The molecule has 0 aliphatic heterocycles. The van der Waals surface area contributed by atoms with Gasteiger partial charge in [-0.2, -0.15) is 0 Å². The van der Waals surface area contributed by atoms with E-state index in [1.807, 2.05) is 32.0 Å². The number of nitrogens with one attached hydrogen (secondary N) is 1. The summed E-state index contributed by atoms with van der Waals surface area (Å²) in [6, 6.07) is 6.01. The Bertz CT molecular complexity index is 427. The van der Waals surface area contributed by atoms with E-state index in [0.29, 0.717) is 12.5 Å². The van der Waals surface area contributed by atoms with Crippen molar-refractivity contribution in [2.45, 2.75) is 47.1 Å². The molecule has 0 aliphatic carbocycles. The maximum absolute atomic E-state index is 11.9. The summed E-state index contributed by atoms with van der Waals surface area (Å²) < 4.78 is 5.73. The van der Waals surface area contributed by atoms with Crippen LogP contribution in [-0.2, 0) is 4.79 Å². The Morgan fingerprint density at radius 3 is 2.58 bits per heavy atom. The molecule has 0 heterocycles. The molecular weight excluding hydrogens is 238 g/mol. The summed E-state index contributed by atoms with van der Waals surface area (Å²) in [6.07, 6.45) is 0.523. The van der Waals surface area contributed by atoms with Crippen LogP contribution in [0.25, 0.3) is 0 Å². The number of amides is 1. The topological polar surface area (TPSA) is 38.3 Å². The number of hydrogen-bond donors (Lipinski definition) is 1. The lowest BCUT2D eigenvalue weighted by atomic mass is 10.1. The molecule has 0 aliphatic rings. The van der Waals surface area contributed by atoms with E-state index in [0.717, 1.165) is 23.3 Å². The zero-order valence-corrected chi connectivity index (χ0v) is 12.6. The van der Waals surface area contributed by atoms with Crippen molar-refractivity contribution in [2.75, 3.05) is 6.54 Å². The minimum Gasteiger partial charge on any atom is -0.481 e. The van der Waals surface area contributed by atoms with Crippen molar-refractivity contribution >= 4 is 5.91 Å². The van der Waals surface area contributed by atoms with Crippen molar-refractivity contribution in [1.29, 1.82) is 0 Å². The van der Waals surface area contributed by atoms with E-state index in [9.17, 15) is 4.79 Å². The van der Waals surface area contributed by atoms with Crippen molar-refractivity contribution in [3.63, 3.8) is 0 Å². The third kappa shape index (κ3) is 5.33. The number of aryl methyl sites for hydroxylation is 2. The van der Waals surface area contributed by atoms with Gasteiger partial charge in [0.1, 0.15) is 5.75 Å². The van der Waals surface area contributed by atoms with E-state index in [1.165, 1.54) is 0 Å². The third-order valence-corrected chi connectivity index (χ3v) is 3.04. The van der Waals surface area contributed by atoms with Gasteiger partial charge >= 0.3 is 0 Å². The lowest BCUT2D eigenvalue weighted by Gasteiger charge is -2.17. The highest BCUT2D eigenvalue weighted by molar-refractivity contribution is 5.80. The first-order valence-corrected chi connectivity index (χ1v) is 6.91. The SMILES string of the molecule is Cc1ccc(C)c(OC(C)C(=O)NCCC(C)C)c1. The van der Waals surface area contributed by atoms with Crippen LogP contribution in [0.15, 0.2) is 18.2 Å². The molecule has 0 saturated carbocycles. The number of benzene rings is 1. The molecule has 1 amide bonds. The molecule has 3 heteroatoms. The van der Waals surface area contributed by atoms with Crippen LogP contribution in [-0.4, -0.2) is 18.6 Å². The van der Waals surface area contributed by atoms with Gasteiger partial charge in [0.05, 0.1) is 0 Å². The Balaban J connectivity index is 2.51. The van der Waals surface area contributed by atoms with Crippen LogP contribution in [0.2, 0.25) is 0 Å². The Labute approximate surface area is 116 Å². The van der Waals surface area contributed by atoms with Crippen molar-refractivity contribution in [1.82, 2.24) is 5.32 Å². The summed E-state index contributed by atoms with van der Waals surface area (Å²) in [6.45, 7) is 10.8. The second-order valence-corrected chi connectivity index (χ2v) is 5.50. The first-order chi connectivity index (χ1) is 8.90. The van der Waals surface area contributed by atoms with Crippen LogP contribution < -0.4 is 10.1 Å². The minimum absolute atomic E-state index is 0.0541. The molecule has 3 nitrogen and oxygen atoms in total. The summed E-state index contributed by atoms with van der Waals surface area (Å²) in [4.78, 5) is 11.9. The molecule has 0 aromatic heterocycles. The van der Waals surface area contributed by atoms with Gasteiger partial charge in [-0.1, -0.05) is 26.0 Å². The van der Waals surface area contributed by atoms with Crippen molar-refractivity contribution in [2.24, 2.45) is 5.92 Å². The second-order valence-electron chi connectivity index (χ2n) is 5.50. The number of carbonyl (C=O) groups is 1. The van der Waals surface area contributed by atoms with E-state index in [2.05, 4.69) is 19.2 Å². The molecule has 1 rings (SSSR count). The molecule has 106 valence electrons. The molecule has 0 saturated heterocycles. The van der Waals surface area contributed by atoms with E-state index in [4.69, 9.17) is 4.74 Å². The Morgan fingerprint density at radius 2 is 1.95 bits per heavy atom. The highest BCUT2D eigenvalue weighted by atomic mass is 16.5. The van der Waals surface area contributed by atoms with Gasteiger partial charge in [0, 0.05) is 6.54 Å². The quantitative estimate of drug-likeness (QED) is 0.855. The number of hydrogen-bond acceptors (Lipinski definition) is 2. The molecule has 1 aromatic carbocycles. The second kappa shape index (κ2) is 7.17. The maximum Gasteiger partial charge on any atom is 0.260 e. The fourth-order valence-corrected chi connectivity index (χ4v) is 1.71. The van der Waals surface area contributed by atoms with E-state index >= 15 is 0 Å². The van der Waals surface area contributed by atoms with Gasteiger partial charge in [-0.25, -0.2) is 0 Å². The van der Waals surface area contributed by atoms with Gasteiger partial charge in [0.15, 0.2) is 6.10 Å². The Morgan fingerprint density at radius 1 is 1.26 bits per heavy atom. The van der Waals surface area contributed by atoms with E-state index in [-0.39, 0.29) is 5.91 Å². The van der Waals surface area contributed by atoms with Crippen LogP contribution in [0.3, 0.4) is 0 Å². The highest BCUT2D eigenvalue weighted by Gasteiger charge is 2.15. The number of carbonyl (C=O) groups excluding carboxylic acids is 1. The monoisotopic (exact) mass is 263 g/mol. The van der Waals surface area contributed by atoms with Crippen LogP contribution >= 0.6 is 0 Å². The molecule has 19 heavy (non-hydrogen) atoms. The highest BCUT2D eigenvalue weighted by Crippen LogP contribution is 2.20. The first kappa shape index (κ1) is 15.5. The summed E-state index contributed by atoms with van der Waals surface area (Å²) in [5.74, 6) is 1.32. The molecular formula is C16H25NO2. The standard InChI is InChI=1S/C16H25NO2/c1-11(2)8-9-17-16(18)14(5)19-15-10-12(3)6-7-13(15)4/h6-7,10-11,14H,8-9H2,1-5H3,(H,17,18). The van der Waals surface area contributed by atoms with E-state index < -0.39 is 6.10 Å². The van der Waals surface area contributed by atoms with Gasteiger partial charge in [-0.05, 0) is 50.3 Å². The smallest absolute Gasteiger partial charge is 0.260 e. The van der Waals surface area contributed by atoms with E-state index in [1.54, 1.807) is 6.92 Å². The molecule has 0 bridgehead atoms. The van der Waals surface area contributed by atoms with Gasteiger partial charge in [0.25, 0.3) is 5.91 Å². The summed E-state index contributed by atoms with van der Waals surface area (Å²) in [7, 11) is 0. The molecule has 1 unspecified atom stereocenters. The third-order valence-electron chi connectivity index (χ3n) is 3.04. The lowest BCUT2D eigenvalue weighted by molar-refractivity contribution is -0.127. The number of rotatable bonds is 6. The minimum atomic E-state index is -0.465. The van der Waals surface area contributed by atoms with Crippen LogP contribution in [0, 0.1) is 19.8 Å². The molecule has 0 radical (unpaired) electrons. The van der Waals surface area contributed by atoms with Gasteiger partial charge in [0.2, 0.25) is 0 Å². The van der Waals surface area contributed by atoms with Crippen LogP contribution in [0.1, 0.15) is 38.3 Å². The van der Waals surface area contributed by atoms with Crippen molar-refractivity contribution < 1.29 is 9.53 Å². The summed E-state index contributed by atoms with van der Waals surface area (Å²) in [5.41, 5.74) is 2.18. The first-order valence-electron chi connectivity index (χ1n) is 6.91.